The SMILES string of the molecule is NC(=O)CCC(NC(=O)C(N)CCCN=C(N)N)C(=O)NC(CCC(N)=O)C(=O)NC(CC(=O)O)C(=O)O. The van der Waals surface area contributed by atoms with Crippen molar-refractivity contribution in [2.75, 3.05) is 6.54 Å². The second kappa shape index (κ2) is 17.1. The third-order valence-electron chi connectivity index (χ3n) is 4.92. The predicted octanol–water partition coefficient (Wildman–Crippen LogP) is -5.09. The highest BCUT2D eigenvalue weighted by molar-refractivity contribution is 5.95. The summed E-state index contributed by atoms with van der Waals surface area (Å²) in [6.45, 7) is 0.199. The highest BCUT2D eigenvalue weighted by Crippen LogP contribution is 2.05. The molecule has 0 spiro atoms. The molecule has 0 rings (SSSR count). The minimum Gasteiger partial charge on any atom is -0.481 e. The Bertz CT molecular complexity index is 922. The van der Waals surface area contributed by atoms with Crippen molar-refractivity contribution in [1.29, 1.82) is 0 Å². The first-order valence-electron chi connectivity index (χ1n) is 11.4. The lowest BCUT2D eigenvalue weighted by atomic mass is 10.1. The molecule has 0 aliphatic heterocycles. The van der Waals surface area contributed by atoms with Gasteiger partial charge >= 0.3 is 11.9 Å². The molecular formula is C20H35N9O9. The van der Waals surface area contributed by atoms with Gasteiger partial charge in [0.05, 0.1) is 12.5 Å². The Morgan fingerprint density at radius 2 is 1.13 bits per heavy atom. The van der Waals surface area contributed by atoms with Crippen LogP contribution in [0.5, 0.6) is 0 Å². The van der Waals surface area contributed by atoms with E-state index in [1.54, 1.807) is 0 Å². The van der Waals surface area contributed by atoms with Gasteiger partial charge in [-0.3, -0.25) is 33.8 Å². The molecule has 214 valence electrons. The van der Waals surface area contributed by atoms with E-state index in [0.717, 1.165) is 0 Å². The molecule has 5 amide bonds. The molecule has 0 aliphatic carbocycles. The van der Waals surface area contributed by atoms with E-state index in [1.807, 2.05) is 5.32 Å². The Kier molecular flexibility index (Phi) is 15.0. The van der Waals surface area contributed by atoms with Crippen molar-refractivity contribution in [2.24, 2.45) is 33.7 Å². The van der Waals surface area contributed by atoms with Crippen LogP contribution in [0.3, 0.4) is 0 Å². The van der Waals surface area contributed by atoms with Crippen LogP contribution >= 0.6 is 0 Å². The van der Waals surface area contributed by atoms with Gasteiger partial charge in [-0.1, -0.05) is 0 Å². The normalized spacial score (nSPS) is 13.6. The quantitative estimate of drug-likeness (QED) is 0.0414. The maximum absolute atomic E-state index is 12.9. The number of primary amides is 2. The van der Waals surface area contributed by atoms with Crippen LogP contribution in [0, 0.1) is 0 Å². The molecular weight excluding hydrogens is 510 g/mol. The van der Waals surface area contributed by atoms with Gasteiger partial charge in [-0.2, -0.15) is 0 Å². The van der Waals surface area contributed by atoms with E-state index in [-0.39, 0.29) is 38.2 Å². The van der Waals surface area contributed by atoms with E-state index in [2.05, 4.69) is 15.6 Å². The van der Waals surface area contributed by atoms with Gasteiger partial charge in [-0.15, -0.1) is 0 Å². The molecule has 18 nitrogen and oxygen atoms in total. The highest BCUT2D eigenvalue weighted by atomic mass is 16.4. The first kappa shape index (κ1) is 33.5. The summed E-state index contributed by atoms with van der Waals surface area (Å²) in [5, 5.41) is 24.6. The molecule has 0 aromatic rings. The number of nitrogens with zero attached hydrogens (tertiary/aromatic N) is 1. The monoisotopic (exact) mass is 545 g/mol. The number of nitrogens with two attached hydrogens (primary N) is 5. The molecule has 15 N–H and O–H groups in total. The lowest BCUT2D eigenvalue weighted by Crippen LogP contribution is -2.57. The van der Waals surface area contributed by atoms with Gasteiger partial charge in [0.15, 0.2) is 5.96 Å². The number of carbonyl (C=O) groups excluding carboxylic acids is 5. The molecule has 38 heavy (non-hydrogen) atoms. The van der Waals surface area contributed by atoms with Gasteiger partial charge in [-0.25, -0.2) is 4.79 Å². The number of carboxylic acid groups (broad SMARTS) is 2. The van der Waals surface area contributed by atoms with E-state index in [9.17, 15) is 33.6 Å². The first-order valence-corrected chi connectivity index (χ1v) is 11.4. The fourth-order valence-electron chi connectivity index (χ4n) is 2.96. The Labute approximate surface area is 217 Å². The minimum absolute atomic E-state index is 0.135. The second-order valence-electron chi connectivity index (χ2n) is 8.18. The lowest BCUT2D eigenvalue weighted by molar-refractivity contribution is -0.147. The summed E-state index contributed by atoms with van der Waals surface area (Å²) in [6.07, 6.45) is -1.90. The Balaban J connectivity index is 5.58. The molecule has 0 aromatic carbocycles. The molecule has 0 aliphatic rings. The fraction of sp³-hybridized carbons (Fsp3) is 0.600. The van der Waals surface area contributed by atoms with Gasteiger partial charge < -0.3 is 54.8 Å². The smallest absolute Gasteiger partial charge is 0.326 e. The first-order chi connectivity index (χ1) is 17.6. The number of hydrogen-bond acceptors (Lipinski definition) is 9. The molecule has 18 heteroatoms. The van der Waals surface area contributed by atoms with Crippen molar-refractivity contribution >= 4 is 47.4 Å². The average Bonchev–Trinajstić information content (AvgIpc) is 2.80. The van der Waals surface area contributed by atoms with Crippen LogP contribution in [-0.2, 0) is 33.6 Å². The van der Waals surface area contributed by atoms with Crippen molar-refractivity contribution in [2.45, 2.75) is 69.1 Å². The van der Waals surface area contributed by atoms with Crippen LogP contribution in [0.15, 0.2) is 4.99 Å². The van der Waals surface area contributed by atoms with Gasteiger partial charge in [0.1, 0.15) is 18.1 Å². The van der Waals surface area contributed by atoms with E-state index < -0.39 is 78.5 Å². The number of hydrogen-bond donors (Lipinski definition) is 10. The molecule has 0 radical (unpaired) electrons. The maximum atomic E-state index is 12.9. The molecule has 0 saturated carbocycles. The summed E-state index contributed by atoms with van der Waals surface area (Å²) in [6, 6.07) is -5.88. The van der Waals surface area contributed by atoms with Crippen LogP contribution < -0.4 is 44.6 Å². The number of aliphatic imine (C=N–C) groups is 1. The molecule has 0 bridgehead atoms. The zero-order chi connectivity index (χ0) is 29.4. The van der Waals surface area contributed by atoms with Crippen LogP contribution in [0.1, 0.15) is 44.9 Å². The molecule has 4 unspecified atom stereocenters. The minimum atomic E-state index is -1.84. The summed E-state index contributed by atoms with van der Waals surface area (Å²) in [5.74, 6) is -7.82. The van der Waals surface area contributed by atoms with Crippen molar-refractivity contribution in [1.82, 2.24) is 16.0 Å². The Morgan fingerprint density at radius 1 is 0.684 bits per heavy atom. The molecule has 0 heterocycles. The summed E-state index contributed by atoms with van der Waals surface area (Å²) in [4.78, 5) is 86.5. The predicted molar refractivity (Wildman–Crippen MR) is 130 cm³/mol. The number of guanidine groups is 1. The number of carboxylic acids is 2. The van der Waals surface area contributed by atoms with Crippen LogP contribution in [0.25, 0.3) is 0 Å². The number of nitrogens with one attached hydrogen (secondary N) is 3. The van der Waals surface area contributed by atoms with Crippen molar-refractivity contribution in [3.8, 4) is 0 Å². The van der Waals surface area contributed by atoms with E-state index in [1.165, 1.54) is 0 Å². The van der Waals surface area contributed by atoms with Crippen LogP contribution in [-0.4, -0.2) is 88.4 Å². The van der Waals surface area contributed by atoms with Gasteiger partial charge in [0, 0.05) is 19.4 Å². The molecule has 0 aromatic heterocycles. The Morgan fingerprint density at radius 3 is 1.53 bits per heavy atom. The summed E-state index contributed by atoms with van der Waals surface area (Å²) in [7, 11) is 0. The van der Waals surface area contributed by atoms with Crippen molar-refractivity contribution in [3.63, 3.8) is 0 Å². The number of rotatable bonds is 19. The number of carbonyl (C=O) groups is 7. The zero-order valence-corrected chi connectivity index (χ0v) is 20.6. The zero-order valence-electron chi connectivity index (χ0n) is 20.6. The second-order valence-corrected chi connectivity index (χ2v) is 8.18. The van der Waals surface area contributed by atoms with Crippen molar-refractivity contribution < 1.29 is 43.8 Å². The number of aliphatic carboxylic acids is 2. The third-order valence-corrected chi connectivity index (χ3v) is 4.92. The van der Waals surface area contributed by atoms with Gasteiger partial charge in [-0.05, 0) is 25.7 Å². The Hall–Kier alpha value is -4.48. The van der Waals surface area contributed by atoms with Crippen molar-refractivity contribution in [3.05, 3.63) is 0 Å². The lowest BCUT2D eigenvalue weighted by Gasteiger charge is -2.24. The van der Waals surface area contributed by atoms with E-state index in [4.69, 9.17) is 38.9 Å². The largest absolute Gasteiger partial charge is 0.481 e. The summed E-state index contributed by atoms with van der Waals surface area (Å²) < 4.78 is 0. The molecule has 0 fully saturated rings. The number of amides is 5. The molecule has 0 saturated heterocycles. The van der Waals surface area contributed by atoms with Gasteiger partial charge in [0.25, 0.3) is 0 Å². The van der Waals surface area contributed by atoms with Crippen LogP contribution in [0.4, 0.5) is 0 Å². The van der Waals surface area contributed by atoms with E-state index in [0.29, 0.717) is 6.42 Å². The highest BCUT2D eigenvalue weighted by Gasteiger charge is 2.31. The summed E-state index contributed by atoms with van der Waals surface area (Å²) in [5.41, 5.74) is 26.5. The average molecular weight is 546 g/mol. The third kappa shape index (κ3) is 14.8. The maximum Gasteiger partial charge on any atom is 0.326 e. The van der Waals surface area contributed by atoms with E-state index >= 15 is 0 Å². The standard InChI is InChI=1S/C20H35N9O9/c21-9(2-1-7-26-20(24)25)16(34)27-10(3-5-13(22)30)17(35)28-11(4-6-14(23)31)18(36)29-12(19(37)38)8-15(32)33/h9-12H,1-8,21H2,(H2,22,30)(H2,23,31)(H,27,34)(H,28,35)(H,29,36)(H,32,33)(H,37,38)(H4,24,25,26). The van der Waals surface area contributed by atoms with Crippen LogP contribution in [0.2, 0.25) is 0 Å². The molecule has 4 atom stereocenters. The van der Waals surface area contributed by atoms with Gasteiger partial charge in [0.2, 0.25) is 29.5 Å². The topological polar surface area (TPSA) is 338 Å². The fourth-order valence-corrected chi connectivity index (χ4v) is 2.96. The summed E-state index contributed by atoms with van der Waals surface area (Å²) >= 11 is 0.